The third-order valence-corrected chi connectivity index (χ3v) is 3.31. The molecule has 2 aromatic rings. The van der Waals surface area contributed by atoms with E-state index < -0.39 is 11.9 Å². The predicted octanol–water partition coefficient (Wildman–Crippen LogP) is 4.32. The van der Waals surface area contributed by atoms with Crippen LogP contribution in [0.1, 0.15) is 31.5 Å². The molecule has 126 valence electrons. The zero-order valence-electron chi connectivity index (χ0n) is 13.1. The molecule has 1 atom stereocenters. The van der Waals surface area contributed by atoms with Crippen LogP contribution in [0.3, 0.4) is 0 Å². The molecule has 0 saturated heterocycles. The van der Waals surface area contributed by atoms with Crippen LogP contribution in [0.25, 0.3) is 0 Å². The Hall–Kier alpha value is -2.82. The van der Waals surface area contributed by atoms with E-state index in [0.717, 1.165) is 6.07 Å². The Kier molecular flexibility index (Phi) is 5.24. The first-order valence-electron chi connectivity index (χ1n) is 7.32. The minimum Gasteiger partial charge on any atom is -0.352 e. The van der Waals surface area contributed by atoms with Gasteiger partial charge in [-0.3, -0.25) is 0 Å². The van der Waals surface area contributed by atoms with Gasteiger partial charge in [-0.25, -0.2) is 4.98 Å². The third kappa shape index (κ3) is 4.35. The largest absolute Gasteiger partial charge is 0.433 e. The monoisotopic (exact) mass is 335 g/mol. The second-order valence-corrected chi connectivity index (χ2v) is 5.20. The van der Waals surface area contributed by atoms with Crippen LogP contribution in [0.2, 0.25) is 0 Å². The summed E-state index contributed by atoms with van der Waals surface area (Å²) in [7, 11) is 0. The number of aromatic nitrogens is 2. The highest BCUT2D eigenvalue weighted by molar-refractivity contribution is 5.65. The van der Waals surface area contributed by atoms with Gasteiger partial charge in [-0.1, -0.05) is 19.1 Å². The summed E-state index contributed by atoms with van der Waals surface area (Å²) >= 11 is 0. The number of nitrogens with zero attached hydrogens (tertiary/aromatic N) is 3. The first kappa shape index (κ1) is 17.5. The molecular weight excluding hydrogens is 319 g/mol. The molecule has 0 amide bonds. The Labute approximate surface area is 137 Å². The number of benzene rings is 1. The van der Waals surface area contributed by atoms with E-state index in [2.05, 4.69) is 20.6 Å². The molecule has 0 spiro atoms. The topological polar surface area (TPSA) is 73.6 Å². The Balaban J connectivity index is 2.41. The van der Waals surface area contributed by atoms with Gasteiger partial charge in [0, 0.05) is 12.1 Å². The summed E-state index contributed by atoms with van der Waals surface area (Å²) in [6.45, 7) is 3.72. The van der Waals surface area contributed by atoms with Crippen LogP contribution in [0.5, 0.6) is 0 Å². The van der Waals surface area contributed by atoms with E-state index in [1.54, 1.807) is 24.3 Å². The lowest BCUT2D eigenvalue weighted by Gasteiger charge is -2.15. The van der Waals surface area contributed by atoms with E-state index in [-0.39, 0.29) is 17.8 Å². The molecule has 0 aliphatic carbocycles. The lowest BCUT2D eigenvalue weighted by Crippen LogP contribution is -2.18. The molecule has 0 radical (unpaired) electrons. The van der Waals surface area contributed by atoms with E-state index in [1.807, 2.05) is 19.9 Å². The molecule has 0 saturated carbocycles. The van der Waals surface area contributed by atoms with Crippen LogP contribution < -0.4 is 10.6 Å². The van der Waals surface area contributed by atoms with Crippen LogP contribution >= 0.6 is 0 Å². The van der Waals surface area contributed by atoms with Crippen molar-refractivity contribution in [2.45, 2.75) is 32.5 Å². The fraction of sp³-hybridized carbons (Fsp3) is 0.312. The average molecular weight is 335 g/mol. The first-order valence-corrected chi connectivity index (χ1v) is 7.32. The quantitative estimate of drug-likeness (QED) is 0.851. The number of rotatable bonds is 5. The number of hydrogen-bond acceptors (Lipinski definition) is 5. The molecule has 24 heavy (non-hydrogen) atoms. The molecule has 2 N–H and O–H groups in total. The lowest BCUT2D eigenvalue weighted by atomic mass is 10.2. The van der Waals surface area contributed by atoms with Crippen molar-refractivity contribution in [1.82, 2.24) is 9.97 Å². The molecule has 5 nitrogen and oxygen atoms in total. The molecule has 1 heterocycles. The Morgan fingerprint density at radius 3 is 2.58 bits per heavy atom. The van der Waals surface area contributed by atoms with Crippen molar-refractivity contribution in [2.24, 2.45) is 0 Å². The zero-order valence-corrected chi connectivity index (χ0v) is 13.1. The van der Waals surface area contributed by atoms with Gasteiger partial charge >= 0.3 is 6.18 Å². The van der Waals surface area contributed by atoms with Gasteiger partial charge in [-0.2, -0.15) is 23.4 Å². The van der Waals surface area contributed by atoms with Gasteiger partial charge in [0.25, 0.3) is 0 Å². The molecule has 0 unspecified atom stereocenters. The highest BCUT2D eigenvalue weighted by Gasteiger charge is 2.34. The van der Waals surface area contributed by atoms with Gasteiger partial charge < -0.3 is 10.6 Å². The second-order valence-electron chi connectivity index (χ2n) is 5.20. The van der Waals surface area contributed by atoms with Crippen molar-refractivity contribution in [2.75, 3.05) is 10.6 Å². The molecule has 0 bridgehead atoms. The lowest BCUT2D eigenvalue weighted by molar-refractivity contribution is -0.141. The fourth-order valence-electron chi connectivity index (χ4n) is 1.87. The van der Waals surface area contributed by atoms with Crippen LogP contribution in [0.15, 0.2) is 30.3 Å². The molecule has 1 aromatic heterocycles. The zero-order chi connectivity index (χ0) is 17.7. The van der Waals surface area contributed by atoms with Gasteiger partial charge in [0.2, 0.25) is 5.95 Å². The fourth-order valence-corrected chi connectivity index (χ4v) is 1.87. The van der Waals surface area contributed by atoms with Crippen LogP contribution in [-0.4, -0.2) is 16.0 Å². The minimum atomic E-state index is -4.60. The van der Waals surface area contributed by atoms with Crippen molar-refractivity contribution in [3.05, 3.63) is 41.6 Å². The van der Waals surface area contributed by atoms with Gasteiger partial charge in [-0.05, 0) is 25.5 Å². The maximum atomic E-state index is 13.1. The molecule has 0 aliphatic rings. The summed E-state index contributed by atoms with van der Waals surface area (Å²) in [5, 5.41) is 14.7. The molecule has 0 fully saturated rings. The van der Waals surface area contributed by atoms with Gasteiger partial charge in [0.05, 0.1) is 11.3 Å². The third-order valence-electron chi connectivity index (χ3n) is 3.31. The van der Waals surface area contributed by atoms with Gasteiger partial charge in [-0.15, -0.1) is 0 Å². The molecular formula is C16H16F3N5. The van der Waals surface area contributed by atoms with Gasteiger partial charge in [0.15, 0.2) is 5.69 Å². The van der Waals surface area contributed by atoms with Crippen molar-refractivity contribution in [1.29, 1.82) is 5.26 Å². The molecule has 1 aromatic carbocycles. The molecule has 2 rings (SSSR count). The summed E-state index contributed by atoms with van der Waals surface area (Å²) in [6, 6.07) is 9.21. The average Bonchev–Trinajstić information content (AvgIpc) is 2.54. The number of para-hydroxylation sites is 1. The maximum Gasteiger partial charge on any atom is 0.433 e. The number of hydrogen-bond donors (Lipinski definition) is 2. The minimum absolute atomic E-state index is 0.0363. The number of nitriles is 1. The van der Waals surface area contributed by atoms with Crippen LogP contribution in [0.4, 0.5) is 30.6 Å². The van der Waals surface area contributed by atoms with Crippen molar-refractivity contribution in [3.8, 4) is 6.07 Å². The SMILES string of the molecule is CC[C@H](C)Nc1nc(Nc2ccccc2C#N)cc(C(F)(F)F)n1. The number of nitrogens with one attached hydrogen (secondary N) is 2. The van der Waals surface area contributed by atoms with E-state index >= 15 is 0 Å². The maximum absolute atomic E-state index is 13.1. The number of alkyl halides is 3. The summed E-state index contributed by atoms with van der Waals surface area (Å²) in [4.78, 5) is 7.59. The Morgan fingerprint density at radius 2 is 1.96 bits per heavy atom. The summed E-state index contributed by atoms with van der Waals surface area (Å²) in [5.41, 5.74) is -0.373. The predicted molar refractivity (Wildman–Crippen MR) is 84.8 cm³/mol. The van der Waals surface area contributed by atoms with E-state index in [1.165, 1.54) is 0 Å². The highest BCUT2D eigenvalue weighted by Crippen LogP contribution is 2.31. The van der Waals surface area contributed by atoms with Crippen LogP contribution in [0, 0.1) is 11.3 Å². The van der Waals surface area contributed by atoms with Crippen molar-refractivity contribution >= 4 is 17.5 Å². The van der Waals surface area contributed by atoms with Crippen molar-refractivity contribution < 1.29 is 13.2 Å². The summed E-state index contributed by atoms with van der Waals surface area (Å²) in [5.74, 6) is -0.151. The van der Waals surface area contributed by atoms with E-state index in [4.69, 9.17) is 5.26 Å². The van der Waals surface area contributed by atoms with Gasteiger partial charge in [0.1, 0.15) is 11.9 Å². The Bertz CT molecular complexity index is 752. The summed E-state index contributed by atoms with van der Waals surface area (Å²) in [6.07, 6.45) is -3.89. The summed E-state index contributed by atoms with van der Waals surface area (Å²) < 4.78 is 39.2. The normalized spacial score (nSPS) is 12.3. The van der Waals surface area contributed by atoms with E-state index in [9.17, 15) is 13.2 Å². The number of anilines is 3. The van der Waals surface area contributed by atoms with Crippen LogP contribution in [-0.2, 0) is 6.18 Å². The second kappa shape index (κ2) is 7.17. The van der Waals surface area contributed by atoms with Crippen molar-refractivity contribution in [3.63, 3.8) is 0 Å². The first-order chi connectivity index (χ1) is 11.3. The number of halogens is 3. The molecule has 8 heteroatoms. The Morgan fingerprint density at radius 1 is 1.25 bits per heavy atom. The highest BCUT2D eigenvalue weighted by atomic mass is 19.4. The smallest absolute Gasteiger partial charge is 0.352 e. The van der Waals surface area contributed by atoms with E-state index in [0.29, 0.717) is 17.7 Å². The molecule has 0 aliphatic heterocycles. The standard InChI is InChI=1S/C16H16F3N5/c1-3-10(2)21-15-23-13(16(17,18)19)8-14(24-15)22-12-7-5-4-6-11(12)9-20/h4-8,10H,3H2,1-2H3,(H2,21,22,23,24)/t10-/m0/s1.